The van der Waals surface area contributed by atoms with Crippen molar-refractivity contribution in [2.45, 2.75) is 57.7 Å². The van der Waals surface area contributed by atoms with Crippen molar-refractivity contribution < 1.29 is 33.9 Å². The number of hydrogen-bond donors (Lipinski definition) is 7. The predicted molar refractivity (Wildman–Crippen MR) is 104 cm³/mol. The van der Waals surface area contributed by atoms with Crippen LogP contribution in [0.4, 0.5) is 0 Å². The molecule has 0 aliphatic heterocycles. The lowest BCUT2D eigenvalue weighted by Crippen LogP contribution is -2.54. The number of hydrogen-bond acceptors (Lipinski definition) is 7. The predicted octanol–water partition coefficient (Wildman–Crippen LogP) is -3.33. The van der Waals surface area contributed by atoms with Crippen molar-refractivity contribution >= 4 is 35.5 Å². The minimum absolute atomic E-state index is 0.0115. The van der Waals surface area contributed by atoms with E-state index in [1.165, 1.54) is 0 Å². The number of nitrogens with two attached hydrogens (primary N) is 3. The monoisotopic (exact) mass is 430 g/mol. The molecule has 0 heterocycles. The van der Waals surface area contributed by atoms with Crippen LogP contribution in [0.2, 0.25) is 0 Å². The fraction of sp³-hybridized carbons (Fsp3) is 0.647. The van der Waals surface area contributed by atoms with Crippen LogP contribution in [0.1, 0.15) is 39.5 Å². The Bertz CT molecular complexity index is 667. The average Bonchev–Trinajstić information content (AvgIpc) is 2.61. The highest BCUT2D eigenvalue weighted by molar-refractivity contribution is 5.93. The number of amides is 5. The first-order valence-corrected chi connectivity index (χ1v) is 9.25. The standard InChI is InChI=1S/C17H30N6O7/c1-8(2)5-10(16(28)23-11(17(29)30)6-13(20)25)22-14(26)7-21-15(27)9(18)3-4-12(19)24/h8-11H,3-7,18H2,1-2H3,(H2,19,24)(H2,20,25)(H,21,27)(H,22,26)(H,23,28)(H,29,30). The molecule has 3 atom stereocenters. The number of nitrogens with one attached hydrogen (secondary N) is 3. The summed E-state index contributed by atoms with van der Waals surface area (Å²) >= 11 is 0. The molecule has 13 nitrogen and oxygen atoms in total. The lowest BCUT2D eigenvalue weighted by Gasteiger charge is -2.22. The molecule has 0 bridgehead atoms. The van der Waals surface area contributed by atoms with E-state index in [1.54, 1.807) is 13.8 Å². The number of primary amides is 2. The van der Waals surface area contributed by atoms with E-state index in [1.807, 2.05) is 0 Å². The van der Waals surface area contributed by atoms with E-state index in [2.05, 4.69) is 16.0 Å². The van der Waals surface area contributed by atoms with Crippen LogP contribution in [-0.2, 0) is 28.8 Å². The van der Waals surface area contributed by atoms with E-state index < -0.39 is 66.6 Å². The third kappa shape index (κ3) is 11.6. The molecule has 3 unspecified atom stereocenters. The summed E-state index contributed by atoms with van der Waals surface area (Å²) in [5, 5.41) is 15.9. The second-order valence-corrected chi connectivity index (χ2v) is 7.15. The van der Waals surface area contributed by atoms with E-state index >= 15 is 0 Å². The maximum absolute atomic E-state index is 12.4. The van der Waals surface area contributed by atoms with Crippen LogP contribution in [0.5, 0.6) is 0 Å². The minimum atomic E-state index is -1.54. The van der Waals surface area contributed by atoms with Gasteiger partial charge in [0.05, 0.1) is 19.0 Å². The molecule has 13 heteroatoms. The molecule has 0 fully saturated rings. The van der Waals surface area contributed by atoms with E-state index in [-0.39, 0.29) is 25.2 Å². The molecule has 0 aromatic rings. The lowest BCUT2D eigenvalue weighted by molar-refractivity contribution is -0.143. The third-order valence-electron chi connectivity index (χ3n) is 3.84. The topological polar surface area (TPSA) is 237 Å². The van der Waals surface area contributed by atoms with Crippen molar-refractivity contribution in [1.82, 2.24) is 16.0 Å². The van der Waals surface area contributed by atoms with Crippen LogP contribution in [0.25, 0.3) is 0 Å². The van der Waals surface area contributed by atoms with Gasteiger partial charge in [0.1, 0.15) is 12.1 Å². The summed E-state index contributed by atoms with van der Waals surface area (Å²) in [6.45, 7) is 3.07. The summed E-state index contributed by atoms with van der Waals surface area (Å²) in [7, 11) is 0. The Morgan fingerprint density at radius 1 is 0.900 bits per heavy atom. The molecular formula is C17H30N6O7. The number of carbonyl (C=O) groups excluding carboxylic acids is 5. The maximum atomic E-state index is 12.4. The van der Waals surface area contributed by atoms with Gasteiger partial charge in [-0.25, -0.2) is 4.79 Å². The van der Waals surface area contributed by atoms with Gasteiger partial charge in [-0.1, -0.05) is 13.8 Å². The van der Waals surface area contributed by atoms with Crippen LogP contribution in [-0.4, -0.2) is 65.3 Å². The molecule has 0 saturated heterocycles. The summed E-state index contributed by atoms with van der Waals surface area (Å²) < 4.78 is 0. The van der Waals surface area contributed by atoms with Crippen molar-refractivity contribution in [3.63, 3.8) is 0 Å². The minimum Gasteiger partial charge on any atom is -0.480 e. The van der Waals surface area contributed by atoms with Gasteiger partial charge >= 0.3 is 5.97 Å². The highest BCUT2D eigenvalue weighted by Gasteiger charge is 2.28. The highest BCUT2D eigenvalue weighted by atomic mass is 16.4. The maximum Gasteiger partial charge on any atom is 0.326 e. The Kier molecular flexibility index (Phi) is 11.7. The molecule has 0 rings (SSSR count). The molecule has 0 aromatic heterocycles. The fourth-order valence-corrected chi connectivity index (χ4v) is 2.35. The second-order valence-electron chi connectivity index (χ2n) is 7.15. The summed E-state index contributed by atoms with van der Waals surface area (Å²) in [6.07, 6.45) is -0.514. The van der Waals surface area contributed by atoms with Crippen molar-refractivity contribution in [2.75, 3.05) is 6.54 Å². The number of carbonyl (C=O) groups is 6. The SMILES string of the molecule is CC(C)CC(NC(=O)CNC(=O)C(N)CCC(N)=O)C(=O)NC(CC(N)=O)C(=O)O. The molecule has 0 saturated carbocycles. The fourth-order valence-electron chi connectivity index (χ4n) is 2.35. The summed E-state index contributed by atoms with van der Waals surface area (Å²) in [5.41, 5.74) is 15.5. The molecule has 170 valence electrons. The smallest absolute Gasteiger partial charge is 0.326 e. The molecule has 0 aliphatic carbocycles. The Labute approximate surface area is 173 Å². The largest absolute Gasteiger partial charge is 0.480 e. The Morgan fingerprint density at radius 3 is 1.97 bits per heavy atom. The van der Waals surface area contributed by atoms with Gasteiger partial charge in [0, 0.05) is 6.42 Å². The Balaban J connectivity index is 4.87. The number of rotatable bonds is 14. The van der Waals surface area contributed by atoms with Crippen molar-refractivity contribution in [3.8, 4) is 0 Å². The van der Waals surface area contributed by atoms with Gasteiger partial charge in [0.15, 0.2) is 0 Å². The van der Waals surface area contributed by atoms with Crippen LogP contribution in [0.15, 0.2) is 0 Å². The summed E-state index contributed by atoms with van der Waals surface area (Å²) in [4.78, 5) is 69.2. The van der Waals surface area contributed by atoms with Gasteiger partial charge in [0.2, 0.25) is 29.5 Å². The van der Waals surface area contributed by atoms with Gasteiger partial charge in [-0.05, 0) is 18.8 Å². The quantitative estimate of drug-likeness (QED) is 0.147. The van der Waals surface area contributed by atoms with Gasteiger partial charge in [-0.3, -0.25) is 24.0 Å². The van der Waals surface area contributed by atoms with Crippen molar-refractivity contribution in [3.05, 3.63) is 0 Å². The van der Waals surface area contributed by atoms with Gasteiger partial charge in [0.25, 0.3) is 0 Å². The highest BCUT2D eigenvalue weighted by Crippen LogP contribution is 2.06. The van der Waals surface area contributed by atoms with Gasteiger partial charge < -0.3 is 38.3 Å². The molecule has 30 heavy (non-hydrogen) atoms. The molecule has 0 aliphatic rings. The lowest BCUT2D eigenvalue weighted by atomic mass is 10.0. The first-order chi connectivity index (χ1) is 13.8. The summed E-state index contributed by atoms with van der Waals surface area (Å²) in [5.74, 6) is -5.23. The molecule has 0 radical (unpaired) electrons. The van der Waals surface area contributed by atoms with Crippen LogP contribution in [0.3, 0.4) is 0 Å². The van der Waals surface area contributed by atoms with E-state index in [4.69, 9.17) is 22.3 Å². The second kappa shape index (κ2) is 13.1. The van der Waals surface area contributed by atoms with E-state index in [0.717, 1.165) is 0 Å². The first-order valence-electron chi connectivity index (χ1n) is 9.25. The zero-order chi connectivity index (χ0) is 23.4. The van der Waals surface area contributed by atoms with Crippen molar-refractivity contribution in [2.24, 2.45) is 23.1 Å². The zero-order valence-electron chi connectivity index (χ0n) is 17.0. The number of carboxylic acid groups (broad SMARTS) is 1. The van der Waals surface area contributed by atoms with Gasteiger partial charge in [-0.2, -0.15) is 0 Å². The van der Waals surface area contributed by atoms with Crippen LogP contribution in [0, 0.1) is 5.92 Å². The molecule has 0 spiro atoms. The zero-order valence-corrected chi connectivity index (χ0v) is 17.0. The number of aliphatic carboxylic acids is 1. The van der Waals surface area contributed by atoms with Gasteiger partial charge in [-0.15, -0.1) is 0 Å². The first kappa shape index (κ1) is 26.8. The average molecular weight is 430 g/mol. The molecular weight excluding hydrogens is 400 g/mol. The van der Waals surface area contributed by atoms with E-state index in [9.17, 15) is 28.8 Å². The molecule has 10 N–H and O–H groups in total. The number of carboxylic acids is 1. The van der Waals surface area contributed by atoms with E-state index in [0.29, 0.717) is 0 Å². The van der Waals surface area contributed by atoms with Crippen LogP contribution >= 0.6 is 0 Å². The Hall–Kier alpha value is -3.22. The Morgan fingerprint density at radius 2 is 1.50 bits per heavy atom. The summed E-state index contributed by atoms with van der Waals surface area (Å²) in [6, 6.07) is -3.68. The van der Waals surface area contributed by atoms with Crippen LogP contribution < -0.4 is 33.2 Å². The third-order valence-corrected chi connectivity index (χ3v) is 3.84. The van der Waals surface area contributed by atoms with Crippen molar-refractivity contribution in [1.29, 1.82) is 0 Å². The molecule has 5 amide bonds. The normalized spacial score (nSPS) is 13.6. The molecule has 0 aromatic carbocycles.